The fraction of sp³-hybridized carbons (Fsp3) is 0.381. The number of aromatic nitrogens is 1. The molecule has 1 atom stereocenters. The normalized spacial score (nSPS) is 18.3. The highest BCUT2D eigenvalue weighted by atomic mass is 35.5. The minimum absolute atomic E-state index is 0.0545. The van der Waals surface area contributed by atoms with Crippen LogP contribution in [0.5, 0.6) is 5.75 Å². The highest BCUT2D eigenvalue weighted by molar-refractivity contribution is 6.30. The van der Waals surface area contributed by atoms with Crippen LogP contribution in [0.1, 0.15) is 58.9 Å². The van der Waals surface area contributed by atoms with Crippen molar-refractivity contribution in [1.82, 2.24) is 14.8 Å². The molecule has 1 unspecified atom stereocenters. The van der Waals surface area contributed by atoms with Crippen molar-refractivity contribution in [3.05, 3.63) is 61.8 Å². The fourth-order valence-electron chi connectivity index (χ4n) is 4.07. The zero-order valence-electron chi connectivity index (χ0n) is 16.8. The molecule has 0 saturated heterocycles. The molecule has 2 aromatic rings. The van der Waals surface area contributed by atoms with E-state index >= 15 is 0 Å². The number of nitrogens with one attached hydrogen (secondary N) is 1. The van der Waals surface area contributed by atoms with Gasteiger partial charge in [0, 0.05) is 24.1 Å². The summed E-state index contributed by atoms with van der Waals surface area (Å²) in [6, 6.07) is 4.16. The summed E-state index contributed by atoms with van der Waals surface area (Å²) >= 11 is 5.82. The Morgan fingerprint density at radius 2 is 1.97 bits per heavy atom. The molecule has 2 aliphatic heterocycles. The molecule has 1 aromatic carbocycles. The summed E-state index contributed by atoms with van der Waals surface area (Å²) in [5.41, 5.74) is -0.281. The van der Waals surface area contributed by atoms with Gasteiger partial charge in [0.25, 0.3) is 17.4 Å². The van der Waals surface area contributed by atoms with Crippen molar-refractivity contribution in [3.8, 4) is 5.75 Å². The highest BCUT2D eigenvalue weighted by Gasteiger charge is 2.43. The lowest BCUT2D eigenvalue weighted by atomic mass is 9.91. The maximum Gasteiger partial charge on any atom is 0.295 e. The molecule has 0 fully saturated rings. The van der Waals surface area contributed by atoms with Gasteiger partial charge in [-0.3, -0.25) is 19.0 Å². The van der Waals surface area contributed by atoms with Crippen LogP contribution in [0, 0.1) is 11.2 Å². The van der Waals surface area contributed by atoms with E-state index in [-0.39, 0.29) is 29.4 Å². The van der Waals surface area contributed by atoms with Gasteiger partial charge in [-0.05, 0) is 24.1 Å². The quantitative estimate of drug-likeness (QED) is 0.761. The fourth-order valence-corrected chi connectivity index (χ4v) is 4.28. The van der Waals surface area contributed by atoms with Crippen molar-refractivity contribution in [3.63, 3.8) is 0 Å². The van der Waals surface area contributed by atoms with Crippen LogP contribution < -0.4 is 10.9 Å². The van der Waals surface area contributed by atoms with Crippen LogP contribution in [-0.4, -0.2) is 32.9 Å². The van der Waals surface area contributed by atoms with Crippen LogP contribution >= 0.6 is 11.6 Å². The molecule has 9 heteroatoms. The van der Waals surface area contributed by atoms with E-state index in [0.29, 0.717) is 17.5 Å². The highest BCUT2D eigenvalue weighted by Crippen LogP contribution is 2.37. The van der Waals surface area contributed by atoms with Gasteiger partial charge >= 0.3 is 0 Å². The number of halogens is 2. The SMILES string of the molecule is CC(C)(C)C1NC(=O)c2c3c(c(O)c(=O)n21)C(=O)N(Cc1ccc(F)c(Cl)c1)CC3. The number of benzene rings is 1. The number of hydrogen-bond donors (Lipinski definition) is 2. The largest absolute Gasteiger partial charge is 0.502 e. The Hall–Kier alpha value is -2.87. The zero-order chi connectivity index (χ0) is 22.0. The van der Waals surface area contributed by atoms with Crippen molar-refractivity contribution >= 4 is 23.4 Å². The Morgan fingerprint density at radius 3 is 2.60 bits per heavy atom. The molecule has 0 saturated carbocycles. The molecule has 2 N–H and O–H groups in total. The molecule has 7 nitrogen and oxygen atoms in total. The van der Waals surface area contributed by atoms with Gasteiger partial charge in [0.2, 0.25) is 0 Å². The van der Waals surface area contributed by atoms with E-state index in [1.165, 1.54) is 27.7 Å². The second-order valence-corrected chi connectivity index (χ2v) is 9.10. The maximum absolute atomic E-state index is 13.4. The molecule has 2 amide bonds. The van der Waals surface area contributed by atoms with E-state index in [1.54, 1.807) is 0 Å². The van der Waals surface area contributed by atoms with Gasteiger partial charge in [-0.25, -0.2) is 4.39 Å². The smallest absolute Gasteiger partial charge is 0.295 e. The van der Waals surface area contributed by atoms with Crippen LogP contribution in [0.2, 0.25) is 5.02 Å². The number of carbonyl (C=O) groups is 2. The van der Waals surface area contributed by atoms with Crippen molar-refractivity contribution in [1.29, 1.82) is 0 Å². The van der Waals surface area contributed by atoms with Gasteiger partial charge in [-0.2, -0.15) is 0 Å². The van der Waals surface area contributed by atoms with E-state index in [0.717, 1.165) is 0 Å². The van der Waals surface area contributed by atoms with Gasteiger partial charge in [-0.15, -0.1) is 0 Å². The minimum Gasteiger partial charge on any atom is -0.502 e. The average molecular weight is 434 g/mol. The summed E-state index contributed by atoms with van der Waals surface area (Å²) in [4.78, 5) is 40.1. The lowest BCUT2D eigenvalue weighted by molar-refractivity contribution is 0.0721. The van der Waals surface area contributed by atoms with Crippen molar-refractivity contribution in [2.45, 2.75) is 39.9 Å². The molecular formula is C21H21ClFN3O4. The lowest BCUT2D eigenvalue weighted by Gasteiger charge is -2.31. The Balaban J connectivity index is 1.78. The van der Waals surface area contributed by atoms with Crippen LogP contribution in [0.25, 0.3) is 0 Å². The van der Waals surface area contributed by atoms with Crippen molar-refractivity contribution in [2.75, 3.05) is 6.54 Å². The van der Waals surface area contributed by atoms with Gasteiger partial charge in [-0.1, -0.05) is 38.4 Å². The number of amides is 2. The van der Waals surface area contributed by atoms with Gasteiger partial charge in [0.05, 0.1) is 10.6 Å². The van der Waals surface area contributed by atoms with E-state index in [4.69, 9.17) is 11.6 Å². The third kappa shape index (κ3) is 3.06. The van der Waals surface area contributed by atoms with Gasteiger partial charge in [0.15, 0.2) is 5.75 Å². The van der Waals surface area contributed by atoms with E-state index < -0.39 is 40.5 Å². The van der Waals surface area contributed by atoms with Crippen LogP contribution in [0.15, 0.2) is 23.0 Å². The molecular weight excluding hydrogens is 413 g/mol. The average Bonchev–Trinajstić information content (AvgIpc) is 3.02. The Labute approximate surface area is 177 Å². The molecule has 4 rings (SSSR count). The molecule has 1 aromatic heterocycles. The molecule has 0 aliphatic carbocycles. The number of fused-ring (bicyclic) bond motifs is 3. The first kappa shape index (κ1) is 20.4. The summed E-state index contributed by atoms with van der Waals surface area (Å²) < 4.78 is 14.7. The summed E-state index contributed by atoms with van der Waals surface area (Å²) in [6.07, 6.45) is -0.332. The zero-order valence-corrected chi connectivity index (χ0v) is 17.5. The van der Waals surface area contributed by atoms with E-state index in [1.807, 2.05) is 20.8 Å². The first-order valence-corrected chi connectivity index (χ1v) is 9.93. The molecule has 3 heterocycles. The summed E-state index contributed by atoms with van der Waals surface area (Å²) in [7, 11) is 0. The second kappa shape index (κ2) is 6.84. The first-order valence-electron chi connectivity index (χ1n) is 9.55. The topological polar surface area (TPSA) is 91.6 Å². The molecule has 30 heavy (non-hydrogen) atoms. The molecule has 0 bridgehead atoms. The summed E-state index contributed by atoms with van der Waals surface area (Å²) in [5, 5.41) is 13.4. The standard InChI is InChI=1S/C21H21ClFN3O4/c1-21(2,3)20-24-17(28)15-11-6-7-25(9-10-4-5-13(23)12(22)8-10)18(29)14(11)16(27)19(30)26(15)20/h4-5,8,20,27H,6-7,9H2,1-3H3,(H,24,28). The van der Waals surface area contributed by atoms with E-state index in [2.05, 4.69) is 5.32 Å². The Kier molecular flexibility index (Phi) is 4.65. The monoisotopic (exact) mass is 433 g/mol. The van der Waals surface area contributed by atoms with Gasteiger partial charge in [0.1, 0.15) is 17.7 Å². The Bertz CT molecular complexity index is 1150. The molecule has 0 spiro atoms. The minimum atomic E-state index is -0.776. The van der Waals surface area contributed by atoms with Crippen molar-refractivity contribution < 1.29 is 19.1 Å². The molecule has 158 valence electrons. The number of aromatic hydroxyl groups is 1. The van der Waals surface area contributed by atoms with E-state index in [9.17, 15) is 23.9 Å². The number of hydrogen-bond acceptors (Lipinski definition) is 4. The van der Waals surface area contributed by atoms with Crippen LogP contribution in [0.3, 0.4) is 0 Å². The van der Waals surface area contributed by atoms with Gasteiger partial charge < -0.3 is 15.3 Å². The molecule has 0 radical (unpaired) electrons. The second-order valence-electron chi connectivity index (χ2n) is 8.69. The summed E-state index contributed by atoms with van der Waals surface area (Å²) in [5.74, 6) is -2.21. The van der Waals surface area contributed by atoms with Crippen LogP contribution in [-0.2, 0) is 13.0 Å². The maximum atomic E-state index is 13.4. The third-order valence-electron chi connectivity index (χ3n) is 5.54. The Morgan fingerprint density at radius 1 is 1.27 bits per heavy atom. The summed E-state index contributed by atoms with van der Waals surface area (Å²) in [6.45, 7) is 6.02. The third-order valence-corrected chi connectivity index (χ3v) is 5.83. The number of nitrogens with zero attached hydrogens (tertiary/aromatic N) is 2. The number of carbonyl (C=O) groups excluding carboxylic acids is 2. The number of pyridine rings is 1. The predicted octanol–water partition coefficient (Wildman–Crippen LogP) is 2.83. The molecule has 2 aliphatic rings. The van der Waals surface area contributed by atoms with Crippen LogP contribution in [0.4, 0.5) is 4.39 Å². The number of rotatable bonds is 2. The van der Waals surface area contributed by atoms with Crippen molar-refractivity contribution in [2.24, 2.45) is 5.41 Å². The lowest BCUT2D eigenvalue weighted by Crippen LogP contribution is -2.41. The first-order chi connectivity index (χ1) is 14.0. The predicted molar refractivity (Wildman–Crippen MR) is 108 cm³/mol.